The van der Waals surface area contributed by atoms with E-state index >= 15 is 0 Å². The molecule has 2 rings (SSSR count). The van der Waals surface area contributed by atoms with Crippen molar-refractivity contribution in [3.05, 3.63) is 35.9 Å². The second-order valence-electron chi connectivity index (χ2n) is 4.54. The van der Waals surface area contributed by atoms with E-state index in [2.05, 4.69) is 6.07 Å². The number of hydrogen-bond donors (Lipinski definition) is 0. The number of ether oxygens (including phenoxy) is 2. The third kappa shape index (κ3) is 3.88. The molecule has 1 aliphatic heterocycles. The van der Waals surface area contributed by atoms with Gasteiger partial charge >= 0.3 is 0 Å². The molecule has 100 valence electrons. The Kier molecular flexibility index (Phi) is 5.08. The molecule has 0 radical (unpaired) electrons. The second kappa shape index (κ2) is 7.03. The van der Waals surface area contributed by atoms with E-state index < -0.39 is 0 Å². The van der Waals surface area contributed by atoms with Crippen LogP contribution in [0.4, 0.5) is 0 Å². The Hall–Kier alpha value is -1.70. The van der Waals surface area contributed by atoms with Gasteiger partial charge in [0.05, 0.1) is 19.3 Å². The molecule has 1 fully saturated rings. The first kappa shape index (κ1) is 13.7. The van der Waals surface area contributed by atoms with Gasteiger partial charge in [0.15, 0.2) is 12.1 Å². The van der Waals surface area contributed by atoms with Gasteiger partial charge in [-0.1, -0.05) is 30.3 Å². The smallest absolute Gasteiger partial charge is 0.166 e. The summed E-state index contributed by atoms with van der Waals surface area (Å²) in [6.45, 7) is 1.22. The Balaban J connectivity index is 1.95. The number of benzene rings is 1. The van der Waals surface area contributed by atoms with E-state index in [4.69, 9.17) is 14.7 Å². The number of nitriles is 1. The van der Waals surface area contributed by atoms with Gasteiger partial charge in [0.1, 0.15) is 0 Å². The summed E-state index contributed by atoms with van der Waals surface area (Å²) in [4.78, 5) is 12.3. The highest BCUT2D eigenvalue weighted by Crippen LogP contribution is 2.21. The van der Waals surface area contributed by atoms with Crippen molar-refractivity contribution in [2.75, 3.05) is 13.2 Å². The minimum atomic E-state index is -0.278. The fourth-order valence-electron chi connectivity index (χ4n) is 2.19. The molecule has 0 amide bonds. The van der Waals surface area contributed by atoms with Crippen LogP contribution >= 0.6 is 0 Å². The third-order valence-corrected chi connectivity index (χ3v) is 3.21. The topological polar surface area (TPSA) is 59.3 Å². The molecule has 0 bridgehead atoms. The lowest BCUT2D eigenvalue weighted by Crippen LogP contribution is -2.18. The summed E-state index contributed by atoms with van der Waals surface area (Å²) in [5.41, 5.74) is 0.663. The summed E-state index contributed by atoms with van der Waals surface area (Å²) in [6, 6.07) is 11.2. The number of nitrogens with zero attached hydrogens (tertiary/aromatic N) is 1. The quantitative estimate of drug-likeness (QED) is 0.737. The summed E-state index contributed by atoms with van der Waals surface area (Å²) in [6.07, 6.45) is 1.29. The molecule has 0 saturated carbocycles. The zero-order chi connectivity index (χ0) is 13.5. The van der Waals surface area contributed by atoms with E-state index in [-0.39, 0.29) is 24.4 Å². The molecule has 19 heavy (non-hydrogen) atoms. The lowest BCUT2D eigenvalue weighted by atomic mass is 9.91. The van der Waals surface area contributed by atoms with Crippen LogP contribution in [0.1, 0.15) is 29.6 Å². The van der Waals surface area contributed by atoms with Crippen molar-refractivity contribution >= 4 is 5.78 Å². The first-order valence-corrected chi connectivity index (χ1v) is 6.50. The molecule has 4 heteroatoms. The van der Waals surface area contributed by atoms with Gasteiger partial charge < -0.3 is 9.47 Å². The summed E-state index contributed by atoms with van der Waals surface area (Å²) in [7, 11) is 0. The summed E-state index contributed by atoms with van der Waals surface area (Å²) < 4.78 is 10.7. The maximum atomic E-state index is 12.3. The lowest BCUT2D eigenvalue weighted by molar-refractivity contribution is -0.0494. The average Bonchev–Trinajstić information content (AvgIpc) is 2.97. The van der Waals surface area contributed by atoms with Crippen molar-refractivity contribution in [3.63, 3.8) is 0 Å². The number of Topliss-reactive ketones (excluding diaryl/α,β-unsaturated/α-hetero) is 1. The highest BCUT2D eigenvalue weighted by molar-refractivity contribution is 5.97. The number of rotatable bonds is 6. The number of hydrogen-bond acceptors (Lipinski definition) is 4. The van der Waals surface area contributed by atoms with Crippen LogP contribution in [-0.4, -0.2) is 25.3 Å². The molecule has 4 nitrogen and oxygen atoms in total. The van der Waals surface area contributed by atoms with Gasteiger partial charge in [0, 0.05) is 17.9 Å². The minimum absolute atomic E-state index is 0.0279. The van der Waals surface area contributed by atoms with Crippen LogP contribution < -0.4 is 0 Å². The van der Waals surface area contributed by atoms with Crippen molar-refractivity contribution < 1.29 is 14.3 Å². The molecule has 0 spiro atoms. The molecule has 1 aromatic carbocycles. The van der Waals surface area contributed by atoms with Gasteiger partial charge in [-0.2, -0.15) is 5.26 Å². The van der Waals surface area contributed by atoms with Gasteiger partial charge in [-0.15, -0.1) is 0 Å². The van der Waals surface area contributed by atoms with Crippen molar-refractivity contribution in [1.82, 2.24) is 0 Å². The zero-order valence-corrected chi connectivity index (χ0v) is 10.7. The summed E-state index contributed by atoms with van der Waals surface area (Å²) in [5, 5.41) is 8.86. The monoisotopic (exact) mass is 259 g/mol. The Morgan fingerprint density at radius 2 is 2.00 bits per heavy atom. The van der Waals surface area contributed by atoms with E-state index in [1.54, 1.807) is 12.1 Å². The van der Waals surface area contributed by atoms with Crippen molar-refractivity contribution in [3.8, 4) is 6.07 Å². The van der Waals surface area contributed by atoms with E-state index in [0.717, 1.165) is 0 Å². The maximum Gasteiger partial charge on any atom is 0.166 e. The van der Waals surface area contributed by atoms with Gasteiger partial charge in [0.25, 0.3) is 0 Å². The zero-order valence-electron chi connectivity index (χ0n) is 10.7. The van der Waals surface area contributed by atoms with Crippen LogP contribution in [0.5, 0.6) is 0 Å². The minimum Gasteiger partial charge on any atom is -0.350 e. The molecule has 1 aromatic rings. The van der Waals surface area contributed by atoms with Crippen molar-refractivity contribution in [1.29, 1.82) is 5.26 Å². The van der Waals surface area contributed by atoms with Crippen LogP contribution in [-0.2, 0) is 9.47 Å². The van der Waals surface area contributed by atoms with Gasteiger partial charge in [-0.3, -0.25) is 4.79 Å². The Morgan fingerprint density at radius 1 is 1.32 bits per heavy atom. The molecule has 1 heterocycles. The predicted octanol–water partition coefficient (Wildman–Crippen LogP) is 2.55. The van der Waals surface area contributed by atoms with E-state index in [0.29, 0.717) is 31.6 Å². The molecule has 1 aliphatic rings. The highest BCUT2D eigenvalue weighted by Gasteiger charge is 2.23. The molecular formula is C15H17NO3. The molecule has 1 atom stereocenters. The van der Waals surface area contributed by atoms with Crippen LogP contribution in [0, 0.1) is 17.2 Å². The van der Waals surface area contributed by atoms with Gasteiger partial charge in [-0.05, 0) is 12.8 Å². The number of carbonyl (C=O) groups excluding carboxylic acids is 1. The van der Waals surface area contributed by atoms with E-state index in [1.165, 1.54) is 0 Å². The lowest BCUT2D eigenvalue weighted by Gasteiger charge is -2.15. The Bertz CT molecular complexity index is 446. The second-order valence-corrected chi connectivity index (χ2v) is 4.54. The van der Waals surface area contributed by atoms with E-state index in [1.807, 2.05) is 18.2 Å². The molecule has 0 aromatic heterocycles. The van der Waals surface area contributed by atoms with Crippen LogP contribution in [0.3, 0.4) is 0 Å². The van der Waals surface area contributed by atoms with Crippen LogP contribution in [0.15, 0.2) is 30.3 Å². The fraction of sp³-hybridized carbons (Fsp3) is 0.467. The van der Waals surface area contributed by atoms with Gasteiger partial charge in [0.2, 0.25) is 0 Å². The summed E-state index contributed by atoms with van der Waals surface area (Å²) in [5.74, 6) is -0.250. The van der Waals surface area contributed by atoms with Gasteiger partial charge in [-0.25, -0.2) is 0 Å². The highest BCUT2D eigenvalue weighted by atomic mass is 16.7. The van der Waals surface area contributed by atoms with Crippen LogP contribution in [0.25, 0.3) is 0 Å². The molecule has 1 unspecified atom stereocenters. The first-order chi connectivity index (χ1) is 9.31. The number of ketones is 1. The van der Waals surface area contributed by atoms with Crippen LogP contribution in [0.2, 0.25) is 0 Å². The van der Waals surface area contributed by atoms with E-state index in [9.17, 15) is 4.79 Å². The normalized spacial score (nSPS) is 17.0. The Labute approximate surface area is 112 Å². The maximum absolute atomic E-state index is 12.3. The largest absolute Gasteiger partial charge is 0.350 e. The Morgan fingerprint density at radius 3 is 2.63 bits per heavy atom. The molecular weight excluding hydrogens is 242 g/mol. The fourth-order valence-corrected chi connectivity index (χ4v) is 2.19. The van der Waals surface area contributed by atoms with Crippen molar-refractivity contribution in [2.45, 2.75) is 25.6 Å². The third-order valence-electron chi connectivity index (χ3n) is 3.21. The molecule has 0 aliphatic carbocycles. The SMILES string of the molecule is N#CCC(CCC1OCCO1)C(=O)c1ccccc1. The number of carbonyl (C=O) groups is 1. The standard InChI is InChI=1S/C15H17NO3/c16-9-8-13(6-7-14-18-10-11-19-14)15(17)12-4-2-1-3-5-12/h1-5,13-14H,6-8,10-11H2. The molecule has 1 saturated heterocycles. The average molecular weight is 259 g/mol. The first-order valence-electron chi connectivity index (χ1n) is 6.50. The predicted molar refractivity (Wildman–Crippen MR) is 69.4 cm³/mol. The summed E-state index contributed by atoms with van der Waals surface area (Å²) >= 11 is 0. The van der Waals surface area contributed by atoms with Crippen molar-refractivity contribution in [2.24, 2.45) is 5.92 Å². The molecule has 0 N–H and O–H groups in total.